The Morgan fingerprint density at radius 1 is 0.512 bits per heavy atom. The van der Waals surface area contributed by atoms with Crippen LogP contribution in [0.15, 0.2) is 23.7 Å². The third kappa shape index (κ3) is 13.6. The molecule has 0 unspecified atom stereocenters. The minimum absolute atomic E-state index is 0. The average molecular weight is 686 g/mol. The Morgan fingerprint density at radius 2 is 0.707 bits per heavy atom. The van der Waals surface area contributed by atoms with Crippen LogP contribution in [-0.4, -0.2) is 48.4 Å². The van der Waals surface area contributed by atoms with E-state index in [4.69, 9.17) is 0 Å². The summed E-state index contributed by atoms with van der Waals surface area (Å²) in [5, 5.41) is 22.4. The number of rotatable bonds is 8. The fraction of sp³-hybridized carbons (Fsp3) is 0.700. The van der Waals surface area contributed by atoms with Crippen molar-refractivity contribution in [3.8, 4) is 0 Å². The number of hydrogen-bond acceptors (Lipinski definition) is 6. The molecule has 0 N–H and O–H groups in total. The van der Waals surface area contributed by atoms with Gasteiger partial charge in [-0.25, -0.2) is 9.47 Å². The van der Waals surface area contributed by atoms with E-state index in [1.807, 2.05) is 9.47 Å². The maximum absolute atomic E-state index is 13.0. The molecule has 0 amide bonds. The van der Waals surface area contributed by atoms with Gasteiger partial charge in [0.2, 0.25) is 11.6 Å². The van der Waals surface area contributed by atoms with E-state index in [-0.39, 0.29) is 29.2 Å². The van der Waals surface area contributed by atoms with Crippen LogP contribution < -0.4 is 10.2 Å². The second kappa shape index (κ2) is 13.5. The number of allylic oxidation sites excluding steroid dienone is 4. The summed E-state index contributed by atoms with van der Waals surface area (Å²) in [5.41, 5.74) is -2.68. The zero-order chi connectivity index (χ0) is 33.1. The Kier molecular flexibility index (Phi) is 14.2. The van der Waals surface area contributed by atoms with Gasteiger partial charge in [0.05, 0.1) is 0 Å². The van der Waals surface area contributed by atoms with Gasteiger partial charge in [-0.3, -0.25) is 9.59 Å². The number of carbonyl (C=O) groups is 2. The Hall–Kier alpha value is -2.12. The maximum atomic E-state index is 13.0. The summed E-state index contributed by atoms with van der Waals surface area (Å²) in [6, 6.07) is 0. The number of carbonyl (C=O) groups excluding carboxylic acids is 2. The molecule has 0 aromatic carbocycles. The molecule has 21 heteroatoms. The van der Waals surface area contributed by atoms with Crippen molar-refractivity contribution in [3.63, 3.8) is 0 Å². The molecule has 0 bridgehead atoms. The van der Waals surface area contributed by atoms with E-state index in [2.05, 4.69) is 0 Å². The van der Waals surface area contributed by atoms with E-state index in [1.54, 1.807) is 0 Å². The molecule has 0 fully saturated rings. The van der Waals surface area contributed by atoms with Crippen molar-refractivity contribution >= 4 is 11.6 Å². The van der Waals surface area contributed by atoms with Gasteiger partial charge in [-0.1, -0.05) is 41.5 Å². The van der Waals surface area contributed by atoms with Crippen LogP contribution in [0.1, 0.15) is 41.5 Å². The SMILES string of the molecule is CC(C)(C)C([O-])=CC(=O)C(F)(F)C(F)(F)OC(F)(F)F.CC(C)(C)C([O-])=CC(=O)C(F)(F)C(F)(F)OC(F)(F)F.[Cu+2]. The number of hydrogen-bond donors (Lipinski definition) is 0. The minimum Gasteiger partial charge on any atom is -0.875 e. The summed E-state index contributed by atoms with van der Waals surface area (Å²) in [6.07, 6.45) is -25.2. The topological polar surface area (TPSA) is 98.7 Å². The Labute approximate surface area is 232 Å². The number of halogens is 14. The minimum atomic E-state index is -6.13. The van der Waals surface area contributed by atoms with Crippen molar-refractivity contribution in [2.24, 2.45) is 10.8 Å². The third-order valence-electron chi connectivity index (χ3n) is 3.84. The second-order valence-corrected chi connectivity index (χ2v) is 9.52. The van der Waals surface area contributed by atoms with Gasteiger partial charge >= 0.3 is 53.9 Å². The van der Waals surface area contributed by atoms with Crippen LogP contribution in [0.4, 0.5) is 61.5 Å². The van der Waals surface area contributed by atoms with Crippen molar-refractivity contribution in [1.29, 1.82) is 0 Å². The molecule has 0 aromatic rings. The van der Waals surface area contributed by atoms with Gasteiger partial charge in [-0.2, -0.15) is 35.1 Å². The summed E-state index contributed by atoms with van der Waals surface area (Å²) >= 11 is 0. The number of alkyl halides is 14. The maximum Gasteiger partial charge on any atom is 2.00 e. The van der Waals surface area contributed by atoms with E-state index < -0.39 is 70.7 Å². The van der Waals surface area contributed by atoms with Gasteiger partial charge in [0, 0.05) is 0 Å². The van der Waals surface area contributed by atoms with Gasteiger partial charge in [-0.05, 0) is 23.0 Å². The molecular weight excluding hydrogens is 666 g/mol. The molecule has 1 radical (unpaired) electrons. The average Bonchev–Trinajstić information content (AvgIpc) is 2.62. The van der Waals surface area contributed by atoms with Crippen LogP contribution in [0.2, 0.25) is 0 Å². The molecule has 6 nitrogen and oxygen atoms in total. The van der Waals surface area contributed by atoms with Crippen LogP contribution in [0.5, 0.6) is 0 Å². The first-order valence-electron chi connectivity index (χ1n) is 9.93. The predicted octanol–water partition coefficient (Wildman–Crippen LogP) is 5.22. The standard InChI is InChI=1S/2C10H11F7O3.Cu/c2*1-7(2,3)5(18)4-6(19)8(11,12)9(13,14)20-10(15,16)17;/h2*4,18H,1-3H3;/q;;+2/p-2. The van der Waals surface area contributed by atoms with E-state index in [0.717, 1.165) is 0 Å². The molecule has 0 heterocycles. The fourth-order valence-corrected chi connectivity index (χ4v) is 1.56. The van der Waals surface area contributed by atoms with Gasteiger partial charge < -0.3 is 10.2 Å². The smallest absolute Gasteiger partial charge is 0.875 e. The van der Waals surface area contributed by atoms with Crippen LogP contribution in [0, 0.1) is 10.8 Å². The van der Waals surface area contributed by atoms with Crippen molar-refractivity contribution in [1.82, 2.24) is 0 Å². The second-order valence-electron chi connectivity index (χ2n) is 9.52. The zero-order valence-corrected chi connectivity index (χ0v) is 22.1. The Bertz CT molecular complexity index is 893. The molecule has 0 saturated heterocycles. The van der Waals surface area contributed by atoms with E-state index in [0.29, 0.717) is 0 Å². The largest absolute Gasteiger partial charge is 2.00 e. The van der Waals surface area contributed by atoms with Gasteiger partial charge in [0.1, 0.15) is 0 Å². The number of ether oxygens (including phenoxy) is 2. The first kappa shape index (κ1) is 43.3. The molecule has 41 heavy (non-hydrogen) atoms. The molecule has 0 aromatic heterocycles. The van der Waals surface area contributed by atoms with Crippen molar-refractivity contribution in [3.05, 3.63) is 23.7 Å². The molecule has 0 rings (SSSR count). The van der Waals surface area contributed by atoms with Crippen molar-refractivity contribution < 1.29 is 108 Å². The van der Waals surface area contributed by atoms with E-state index >= 15 is 0 Å². The quantitative estimate of drug-likeness (QED) is 0.151. The summed E-state index contributed by atoms with van der Waals surface area (Å²) in [6.45, 7) is 7.18. The summed E-state index contributed by atoms with van der Waals surface area (Å²) < 4.78 is 176. The van der Waals surface area contributed by atoms with Crippen LogP contribution >= 0.6 is 0 Å². The summed E-state index contributed by atoms with van der Waals surface area (Å²) in [7, 11) is 0. The first-order chi connectivity index (χ1) is 17.0. The third-order valence-corrected chi connectivity index (χ3v) is 3.84. The first-order valence-corrected chi connectivity index (χ1v) is 9.93. The molecule has 0 spiro atoms. The fourth-order valence-electron chi connectivity index (χ4n) is 1.56. The predicted molar refractivity (Wildman–Crippen MR) is 99.2 cm³/mol. The molecule has 0 saturated carbocycles. The summed E-state index contributed by atoms with van der Waals surface area (Å²) in [4.78, 5) is 21.8. The Balaban J connectivity index is -0.000000688. The van der Waals surface area contributed by atoms with Gasteiger partial charge in [0.15, 0.2) is 0 Å². The molecule has 0 aliphatic heterocycles. The van der Waals surface area contributed by atoms with Gasteiger partial charge in [-0.15, -0.1) is 37.9 Å². The van der Waals surface area contributed by atoms with E-state index in [1.165, 1.54) is 41.5 Å². The zero-order valence-electron chi connectivity index (χ0n) is 21.2. The Morgan fingerprint density at radius 3 is 0.854 bits per heavy atom. The van der Waals surface area contributed by atoms with Crippen molar-refractivity contribution in [2.75, 3.05) is 0 Å². The van der Waals surface area contributed by atoms with Gasteiger partial charge in [0.25, 0.3) is 0 Å². The van der Waals surface area contributed by atoms with Crippen LogP contribution in [-0.2, 0) is 36.1 Å². The number of ketones is 2. The molecule has 245 valence electrons. The molecule has 0 aliphatic rings. The molecular formula is C20H20CuF14O6. The monoisotopic (exact) mass is 685 g/mol. The summed E-state index contributed by atoms with van der Waals surface area (Å²) in [5.74, 6) is -19.7. The normalized spacial score (nSPS) is 15.0. The van der Waals surface area contributed by atoms with Crippen molar-refractivity contribution in [2.45, 2.75) is 78.3 Å². The van der Waals surface area contributed by atoms with Crippen LogP contribution in [0.25, 0.3) is 0 Å². The molecule has 0 aliphatic carbocycles. The molecule has 0 atom stereocenters. The van der Waals surface area contributed by atoms with E-state index in [9.17, 15) is 81.3 Å². The van der Waals surface area contributed by atoms with Crippen LogP contribution in [0.3, 0.4) is 0 Å².